The maximum absolute atomic E-state index is 11.8. The minimum atomic E-state index is -3.38. The predicted octanol–water partition coefficient (Wildman–Crippen LogP) is 1.71. The molecule has 0 spiro atoms. The Morgan fingerprint density at radius 1 is 1.21 bits per heavy atom. The van der Waals surface area contributed by atoms with Crippen LogP contribution in [0.2, 0.25) is 0 Å². The second-order valence-corrected chi connectivity index (χ2v) is 7.85. The molecule has 24 heavy (non-hydrogen) atoms. The maximum Gasteiger partial charge on any atom is 0.238 e. The first-order chi connectivity index (χ1) is 11.4. The number of benzene rings is 1. The average molecular weight is 348 g/mol. The minimum Gasteiger partial charge on any atom is -0.489 e. The van der Waals surface area contributed by atoms with Crippen molar-refractivity contribution in [2.45, 2.75) is 25.3 Å². The lowest BCUT2D eigenvalue weighted by molar-refractivity contribution is -0.120. The zero-order valence-corrected chi connectivity index (χ0v) is 14.4. The highest BCUT2D eigenvalue weighted by molar-refractivity contribution is 7.92. The van der Waals surface area contributed by atoms with Crippen molar-refractivity contribution < 1.29 is 17.9 Å². The minimum absolute atomic E-state index is 0.265. The van der Waals surface area contributed by atoms with Crippen LogP contribution in [0.25, 0.3) is 0 Å². The summed E-state index contributed by atoms with van der Waals surface area (Å²) in [6.07, 6.45) is 4.50. The number of amides is 1. The number of carbonyl (C=O) groups excluding carboxylic acids is 1. The summed E-state index contributed by atoms with van der Waals surface area (Å²) in [5.41, 5.74) is 1.83. The van der Waals surface area contributed by atoms with Gasteiger partial charge in [0.1, 0.15) is 17.6 Å². The van der Waals surface area contributed by atoms with Crippen molar-refractivity contribution in [1.82, 2.24) is 10.3 Å². The Balaban J connectivity index is 1.85. The quantitative estimate of drug-likeness (QED) is 0.823. The molecule has 0 saturated carbocycles. The third-order valence-corrected chi connectivity index (χ3v) is 5.03. The molecule has 128 valence electrons. The molecule has 6 nitrogen and oxygen atoms in total. The maximum atomic E-state index is 11.8. The summed E-state index contributed by atoms with van der Waals surface area (Å²) >= 11 is 0. The van der Waals surface area contributed by atoms with E-state index in [0.717, 1.165) is 17.4 Å². The van der Waals surface area contributed by atoms with Gasteiger partial charge in [-0.1, -0.05) is 18.2 Å². The molecule has 0 radical (unpaired) electrons. The van der Waals surface area contributed by atoms with Crippen molar-refractivity contribution in [3.63, 3.8) is 0 Å². The summed E-state index contributed by atoms with van der Waals surface area (Å²) in [5, 5.41) is 1.56. The van der Waals surface area contributed by atoms with E-state index in [1.165, 1.54) is 6.92 Å². The van der Waals surface area contributed by atoms with E-state index in [0.29, 0.717) is 12.4 Å². The Morgan fingerprint density at radius 2 is 1.92 bits per heavy atom. The van der Waals surface area contributed by atoms with Crippen molar-refractivity contribution >= 4 is 15.7 Å². The average Bonchev–Trinajstić information content (AvgIpc) is 2.58. The van der Waals surface area contributed by atoms with Crippen LogP contribution in [0.4, 0.5) is 0 Å². The number of sulfone groups is 1. The Kier molecular flexibility index (Phi) is 5.92. The normalized spacial score (nSPS) is 12.4. The highest BCUT2D eigenvalue weighted by atomic mass is 32.2. The first kappa shape index (κ1) is 17.9. The highest BCUT2D eigenvalue weighted by Gasteiger charge is 2.22. The van der Waals surface area contributed by atoms with Crippen molar-refractivity contribution in [3.8, 4) is 5.75 Å². The fourth-order valence-electron chi connectivity index (χ4n) is 1.88. The number of nitrogens with one attached hydrogen (secondary N) is 1. The lowest BCUT2D eigenvalue weighted by Crippen LogP contribution is -2.36. The van der Waals surface area contributed by atoms with Crippen molar-refractivity contribution in [1.29, 1.82) is 0 Å². The predicted molar refractivity (Wildman–Crippen MR) is 91.2 cm³/mol. The molecule has 0 fully saturated rings. The van der Waals surface area contributed by atoms with E-state index in [9.17, 15) is 13.2 Å². The van der Waals surface area contributed by atoms with Crippen LogP contribution in [0.1, 0.15) is 18.1 Å². The topological polar surface area (TPSA) is 85.4 Å². The SMILES string of the molecule is C[C@@H](C(=O)NCc1ccc(OCc2cccnc2)cc1)S(C)(=O)=O. The van der Waals surface area contributed by atoms with Gasteiger partial charge in [-0.2, -0.15) is 0 Å². The second-order valence-electron chi connectivity index (χ2n) is 5.48. The summed E-state index contributed by atoms with van der Waals surface area (Å²) in [4.78, 5) is 15.8. The summed E-state index contributed by atoms with van der Waals surface area (Å²) < 4.78 is 28.3. The molecule has 0 saturated heterocycles. The zero-order valence-electron chi connectivity index (χ0n) is 13.6. The van der Waals surface area contributed by atoms with E-state index < -0.39 is 21.0 Å². The van der Waals surface area contributed by atoms with Gasteiger partial charge in [0, 0.05) is 30.8 Å². The lowest BCUT2D eigenvalue weighted by atomic mass is 10.2. The number of aromatic nitrogens is 1. The number of nitrogens with zero attached hydrogens (tertiary/aromatic N) is 1. The molecule has 1 aromatic heterocycles. The van der Waals surface area contributed by atoms with Crippen LogP contribution in [0.3, 0.4) is 0 Å². The molecule has 2 aromatic rings. The van der Waals surface area contributed by atoms with Crippen LogP contribution in [-0.2, 0) is 27.8 Å². The number of pyridine rings is 1. The molecule has 1 atom stereocenters. The first-order valence-electron chi connectivity index (χ1n) is 7.43. The molecule has 0 aliphatic heterocycles. The van der Waals surface area contributed by atoms with Crippen molar-refractivity contribution in [2.75, 3.05) is 6.26 Å². The van der Waals surface area contributed by atoms with Gasteiger partial charge in [-0.05, 0) is 30.7 Å². The first-order valence-corrected chi connectivity index (χ1v) is 9.39. The van der Waals surface area contributed by atoms with Crippen LogP contribution in [0.15, 0.2) is 48.8 Å². The smallest absolute Gasteiger partial charge is 0.238 e. The lowest BCUT2D eigenvalue weighted by Gasteiger charge is -2.11. The van der Waals surface area contributed by atoms with Crippen molar-refractivity contribution in [3.05, 3.63) is 59.9 Å². The molecular formula is C17H20N2O4S. The number of rotatable bonds is 7. The van der Waals surface area contributed by atoms with Gasteiger partial charge in [-0.25, -0.2) is 8.42 Å². The van der Waals surface area contributed by atoms with Crippen LogP contribution in [0.5, 0.6) is 5.75 Å². The Labute approximate surface area is 141 Å². The highest BCUT2D eigenvalue weighted by Crippen LogP contribution is 2.14. The van der Waals surface area contributed by atoms with Gasteiger partial charge in [-0.15, -0.1) is 0 Å². The molecule has 0 aliphatic rings. The monoisotopic (exact) mass is 348 g/mol. The van der Waals surface area contributed by atoms with Gasteiger partial charge in [0.2, 0.25) is 5.91 Å². The summed E-state index contributed by atoms with van der Waals surface area (Å²) in [5.74, 6) is 0.202. The van der Waals surface area contributed by atoms with Crippen LogP contribution in [0, 0.1) is 0 Å². The molecule has 0 unspecified atom stereocenters. The molecule has 1 heterocycles. The van der Waals surface area contributed by atoms with Gasteiger partial charge in [-0.3, -0.25) is 9.78 Å². The number of carbonyl (C=O) groups is 1. The molecule has 0 bridgehead atoms. The van der Waals surface area contributed by atoms with Gasteiger partial charge in [0.05, 0.1) is 0 Å². The fraction of sp³-hybridized carbons (Fsp3) is 0.294. The molecule has 7 heteroatoms. The van der Waals surface area contributed by atoms with Crippen LogP contribution < -0.4 is 10.1 Å². The fourth-order valence-corrected chi connectivity index (χ4v) is 2.35. The standard InChI is InChI=1S/C17H20N2O4S/c1-13(24(2,21)22)17(20)19-11-14-5-7-16(8-6-14)23-12-15-4-3-9-18-10-15/h3-10,13H,11-12H2,1-2H3,(H,19,20)/t13-/m0/s1. The third-order valence-electron chi connectivity index (χ3n) is 3.53. The molecular weight excluding hydrogens is 328 g/mol. The third kappa shape index (κ3) is 5.34. The van der Waals surface area contributed by atoms with E-state index in [2.05, 4.69) is 10.3 Å². The van der Waals surface area contributed by atoms with Gasteiger partial charge in [0.15, 0.2) is 9.84 Å². The number of hydrogen-bond donors (Lipinski definition) is 1. The summed E-state index contributed by atoms with van der Waals surface area (Å²) in [6.45, 7) is 2.07. The largest absolute Gasteiger partial charge is 0.489 e. The summed E-state index contributed by atoms with van der Waals surface area (Å²) in [6, 6.07) is 11.0. The van der Waals surface area contributed by atoms with Crippen LogP contribution >= 0.6 is 0 Å². The zero-order chi connectivity index (χ0) is 17.6. The van der Waals surface area contributed by atoms with Crippen molar-refractivity contribution in [2.24, 2.45) is 0 Å². The van der Waals surface area contributed by atoms with Gasteiger partial charge >= 0.3 is 0 Å². The van der Waals surface area contributed by atoms with E-state index in [-0.39, 0.29) is 6.54 Å². The van der Waals surface area contributed by atoms with Gasteiger partial charge in [0.25, 0.3) is 0 Å². The molecule has 1 N–H and O–H groups in total. The Hall–Kier alpha value is -2.41. The van der Waals surface area contributed by atoms with E-state index in [4.69, 9.17) is 4.74 Å². The molecule has 1 amide bonds. The van der Waals surface area contributed by atoms with Crippen LogP contribution in [-0.4, -0.2) is 30.8 Å². The second kappa shape index (κ2) is 7.92. The molecule has 0 aliphatic carbocycles. The number of ether oxygens (including phenoxy) is 1. The molecule has 1 aromatic carbocycles. The summed E-state index contributed by atoms with van der Waals surface area (Å²) in [7, 11) is -3.38. The van der Waals surface area contributed by atoms with E-state index in [1.54, 1.807) is 24.5 Å². The van der Waals surface area contributed by atoms with E-state index in [1.807, 2.05) is 24.3 Å². The number of hydrogen-bond acceptors (Lipinski definition) is 5. The Bertz CT molecular complexity index is 774. The van der Waals surface area contributed by atoms with E-state index >= 15 is 0 Å². The molecule has 2 rings (SSSR count). The van der Waals surface area contributed by atoms with Gasteiger partial charge < -0.3 is 10.1 Å². The Morgan fingerprint density at radius 3 is 2.50 bits per heavy atom.